The predicted molar refractivity (Wildman–Crippen MR) is 90.9 cm³/mol. The van der Waals surface area contributed by atoms with Gasteiger partial charge in [-0.05, 0) is 12.5 Å². The summed E-state index contributed by atoms with van der Waals surface area (Å²) in [5.74, 6) is -1.38. The molecule has 0 bridgehead atoms. The van der Waals surface area contributed by atoms with Crippen LogP contribution in [0.5, 0.6) is 0 Å². The van der Waals surface area contributed by atoms with Gasteiger partial charge in [-0.3, -0.25) is 9.59 Å². The molecule has 8 heteroatoms. The van der Waals surface area contributed by atoms with Gasteiger partial charge in [0, 0.05) is 5.75 Å². The number of rotatable bonds is 4. The van der Waals surface area contributed by atoms with Crippen molar-refractivity contribution in [3.05, 3.63) is 35.9 Å². The zero-order valence-corrected chi connectivity index (χ0v) is 14.5. The number of aliphatic carboxylic acids is 1. The molecule has 2 fully saturated rings. The topological polar surface area (TPSA) is 86.7 Å². The molecular weight excluding hydrogens is 352 g/mol. The average Bonchev–Trinajstić information content (AvgIpc) is 2.52. The normalized spacial score (nSPS) is 31.8. The van der Waals surface area contributed by atoms with Gasteiger partial charge >= 0.3 is 5.97 Å². The van der Waals surface area contributed by atoms with E-state index in [-0.39, 0.29) is 17.7 Å². The summed E-state index contributed by atoms with van der Waals surface area (Å²) < 4.78 is 0. The van der Waals surface area contributed by atoms with Gasteiger partial charge < -0.3 is 15.3 Å². The fourth-order valence-electron chi connectivity index (χ4n) is 3.07. The van der Waals surface area contributed by atoms with Crippen molar-refractivity contribution in [2.45, 2.75) is 35.7 Å². The van der Waals surface area contributed by atoms with Crippen molar-refractivity contribution < 1.29 is 19.5 Å². The lowest BCUT2D eigenvalue weighted by Crippen LogP contribution is -2.78. The molecule has 0 aliphatic carbocycles. The second-order valence-electron chi connectivity index (χ2n) is 6.17. The molecule has 24 heavy (non-hydrogen) atoms. The van der Waals surface area contributed by atoms with Gasteiger partial charge in [-0.2, -0.15) is 0 Å². The molecule has 2 saturated heterocycles. The van der Waals surface area contributed by atoms with Crippen LogP contribution in [0, 0.1) is 0 Å². The predicted octanol–water partition coefficient (Wildman–Crippen LogP) is 1.08. The highest BCUT2D eigenvalue weighted by atomic mass is 35.5. The van der Waals surface area contributed by atoms with Crippen LogP contribution in [0.1, 0.15) is 12.5 Å². The Kier molecular flexibility index (Phi) is 4.48. The molecular formula is C16H17ClN2O4S. The third kappa shape index (κ3) is 2.98. The van der Waals surface area contributed by atoms with Crippen LogP contribution in [-0.4, -0.2) is 55.9 Å². The maximum Gasteiger partial charge on any atom is 0.328 e. The number of hydrogen-bond donors (Lipinski definition) is 2. The number of carbonyl (C=O) groups excluding carboxylic acids is 2. The fourth-order valence-corrected chi connectivity index (χ4v) is 4.87. The largest absolute Gasteiger partial charge is 0.480 e. The monoisotopic (exact) mass is 368 g/mol. The number of carboxylic acid groups (broad SMARTS) is 1. The van der Waals surface area contributed by atoms with E-state index in [9.17, 15) is 19.5 Å². The van der Waals surface area contributed by atoms with Crippen molar-refractivity contribution in [1.82, 2.24) is 10.2 Å². The second-order valence-corrected chi connectivity index (χ2v) is 8.14. The van der Waals surface area contributed by atoms with Crippen molar-refractivity contribution in [2.75, 3.05) is 5.75 Å². The zero-order chi connectivity index (χ0) is 17.5. The molecule has 0 spiro atoms. The number of amides is 2. The number of nitrogens with zero attached hydrogens (tertiary/aromatic N) is 1. The first-order valence-corrected chi connectivity index (χ1v) is 8.93. The molecule has 0 saturated carbocycles. The number of halogens is 1. The summed E-state index contributed by atoms with van der Waals surface area (Å²) in [6.07, 6.45) is 0.178. The Bertz CT molecular complexity index is 682. The van der Waals surface area contributed by atoms with E-state index in [0.717, 1.165) is 5.56 Å². The molecule has 1 aromatic carbocycles. The molecule has 0 unspecified atom stereocenters. The fraction of sp³-hybridized carbons (Fsp3) is 0.438. The maximum absolute atomic E-state index is 12.4. The highest BCUT2D eigenvalue weighted by Gasteiger charge is 2.61. The van der Waals surface area contributed by atoms with Gasteiger partial charge in [0.05, 0.1) is 11.3 Å². The first-order chi connectivity index (χ1) is 11.3. The Morgan fingerprint density at radius 1 is 1.42 bits per heavy atom. The van der Waals surface area contributed by atoms with Crippen molar-refractivity contribution in [2.24, 2.45) is 0 Å². The summed E-state index contributed by atoms with van der Waals surface area (Å²) in [6, 6.07) is 7.44. The lowest BCUT2D eigenvalue weighted by Gasteiger charge is -2.55. The summed E-state index contributed by atoms with van der Waals surface area (Å²) in [5, 5.41) is 11.7. The van der Waals surface area contributed by atoms with E-state index < -0.39 is 28.8 Å². The molecule has 4 atom stereocenters. The summed E-state index contributed by atoms with van der Waals surface area (Å²) in [7, 11) is 0. The average molecular weight is 369 g/mol. The summed E-state index contributed by atoms with van der Waals surface area (Å²) in [6.45, 7) is 1.62. The van der Waals surface area contributed by atoms with E-state index >= 15 is 0 Å². The number of alkyl halides is 1. The number of β-lactam (4-membered cyclic amide) rings is 1. The van der Waals surface area contributed by atoms with Crippen LogP contribution in [0.25, 0.3) is 0 Å². The highest BCUT2D eigenvalue weighted by molar-refractivity contribution is 8.00. The molecule has 2 amide bonds. The SMILES string of the molecule is C[C@@]1(Cl)CS[C@@H]2[C@H](NC(=O)Cc3ccccc3)C(=O)N2[C@H]1C(=O)O. The summed E-state index contributed by atoms with van der Waals surface area (Å²) in [4.78, 5) is 36.3. The summed E-state index contributed by atoms with van der Waals surface area (Å²) >= 11 is 7.67. The van der Waals surface area contributed by atoms with Crippen LogP contribution >= 0.6 is 23.4 Å². The molecule has 0 radical (unpaired) electrons. The van der Waals surface area contributed by atoms with Gasteiger partial charge in [0.25, 0.3) is 0 Å². The number of thioether (sulfide) groups is 1. The van der Waals surface area contributed by atoms with Crippen LogP contribution in [0.2, 0.25) is 0 Å². The van der Waals surface area contributed by atoms with Crippen LogP contribution in [-0.2, 0) is 20.8 Å². The first-order valence-electron chi connectivity index (χ1n) is 7.50. The summed E-state index contributed by atoms with van der Waals surface area (Å²) in [5.41, 5.74) is 0.853. The van der Waals surface area contributed by atoms with Crippen LogP contribution < -0.4 is 5.32 Å². The Morgan fingerprint density at radius 2 is 2.08 bits per heavy atom. The number of carboxylic acids is 1. The maximum atomic E-state index is 12.4. The highest BCUT2D eigenvalue weighted by Crippen LogP contribution is 2.44. The molecule has 2 aliphatic rings. The van der Waals surface area contributed by atoms with Crippen LogP contribution in [0.3, 0.4) is 0 Å². The Labute approximate surface area is 148 Å². The Hall–Kier alpha value is -1.73. The smallest absolute Gasteiger partial charge is 0.328 e. The first kappa shape index (κ1) is 17.1. The van der Waals surface area contributed by atoms with Crippen molar-refractivity contribution >= 4 is 41.1 Å². The number of carbonyl (C=O) groups is 3. The lowest BCUT2D eigenvalue weighted by atomic mass is 9.94. The van der Waals surface area contributed by atoms with E-state index in [1.165, 1.54) is 16.7 Å². The standard InChI is InChI=1S/C16H17ClN2O4S/c1-16(17)8-24-14-11(13(21)19(14)12(16)15(22)23)18-10(20)7-9-5-3-2-4-6-9/h2-6,11-12,14H,7-8H2,1H3,(H,18,20)(H,22,23)/t11-,12+,14-,16-/m1/s1. The van der Waals surface area contributed by atoms with E-state index in [0.29, 0.717) is 5.75 Å². The number of benzene rings is 1. The van der Waals surface area contributed by atoms with Gasteiger partial charge in [0.2, 0.25) is 11.8 Å². The van der Waals surface area contributed by atoms with Gasteiger partial charge in [-0.25, -0.2) is 4.79 Å². The Balaban J connectivity index is 1.67. The third-order valence-corrected chi connectivity index (χ3v) is 6.33. The molecule has 2 aliphatic heterocycles. The molecule has 128 valence electrons. The molecule has 3 rings (SSSR count). The minimum Gasteiger partial charge on any atom is -0.480 e. The van der Waals surface area contributed by atoms with Crippen LogP contribution in [0.4, 0.5) is 0 Å². The van der Waals surface area contributed by atoms with E-state index in [1.54, 1.807) is 6.92 Å². The van der Waals surface area contributed by atoms with Gasteiger partial charge in [0.15, 0.2) is 0 Å². The molecule has 2 heterocycles. The van der Waals surface area contributed by atoms with E-state index in [4.69, 9.17) is 11.6 Å². The Morgan fingerprint density at radius 3 is 2.71 bits per heavy atom. The van der Waals surface area contributed by atoms with Crippen molar-refractivity contribution in [3.8, 4) is 0 Å². The number of hydrogen-bond acceptors (Lipinski definition) is 4. The molecule has 1 aromatic rings. The van der Waals surface area contributed by atoms with Crippen LogP contribution in [0.15, 0.2) is 30.3 Å². The van der Waals surface area contributed by atoms with Gasteiger partial charge in [0.1, 0.15) is 17.5 Å². The van der Waals surface area contributed by atoms with Crippen molar-refractivity contribution in [3.63, 3.8) is 0 Å². The van der Waals surface area contributed by atoms with Gasteiger partial charge in [-0.15, -0.1) is 23.4 Å². The number of fused-ring (bicyclic) bond motifs is 1. The lowest BCUT2D eigenvalue weighted by molar-refractivity contribution is -0.164. The molecule has 6 nitrogen and oxygen atoms in total. The molecule has 2 N–H and O–H groups in total. The second kappa shape index (κ2) is 6.29. The van der Waals surface area contributed by atoms with Crippen molar-refractivity contribution in [1.29, 1.82) is 0 Å². The minimum absolute atomic E-state index is 0.178. The van der Waals surface area contributed by atoms with E-state index in [1.807, 2.05) is 30.3 Å². The zero-order valence-electron chi connectivity index (χ0n) is 12.9. The quantitative estimate of drug-likeness (QED) is 0.613. The molecule has 0 aromatic heterocycles. The number of nitrogens with one attached hydrogen (secondary N) is 1. The van der Waals surface area contributed by atoms with E-state index in [2.05, 4.69) is 5.32 Å². The van der Waals surface area contributed by atoms with Gasteiger partial charge in [-0.1, -0.05) is 30.3 Å². The minimum atomic E-state index is -1.12. The third-order valence-electron chi connectivity index (χ3n) is 4.22.